The van der Waals surface area contributed by atoms with Crippen LogP contribution in [0, 0.1) is 12.3 Å². The topological polar surface area (TPSA) is 87.2 Å². The largest absolute Gasteiger partial charge is 0.493 e. The number of thiol groups is 1. The molecular weight excluding hydrogens is 440 g/mol. The number of benzene rings is 3. The van der Waals surface area contributed by atoms with E-state index in [4.69, 9.17) is 11.2 Å². The number of carbonyl (C=O) groups is 1. The lowest BCUT2D eigenvalue weighted by molar-refractivity contribution is -0.137. The van der Waals surface area contributed by atoms with Crippen LogP contribution in [0.2, 0.25) is 0 Å². The van der Waals surface area contributed by atoms with E-state index in [1.807, 2.05) is 42.2 Å². The molecule has 0 aromatic heterocycles. The Kier molecular flexibility index (Phi) is 6.43. The van der Waals surface area contributed by atoms with Gasteiger partial charge in [-0.2, -0.15) is 0 Å². The van der Waals surface area contributed by atoms with Gasteiger partial charge in [0.25, 0.3) is 0 Å². The van der Waals surface area contributed by atoms with Gasteiger partial charge in [-0.3, -0.25) is 4.79 Å². The van der Waals surface area contributed by atoms with E-state index in [2.05, 4.69) is 5.92 Å². The number of carboxylic acids is 1. The lowest BCUT2D eigenvalue weighted by atomic mass is 10.0. The highest BCUT2D eigenvalue weighted by Crippen LogP contribution is 2.39. The molecule has 0 saturated carbocycles. The molecule has 8 heteroatoms. The number of fused-ring (bicyclic) bond motifs is 2. The molecule has 170 valence electrons. The van der Waals surface area contributed by atoms with Crippen LogP contribution in [0.25, 0.3) is 10.8 Å². The van der Waals surface area contributed by atoms with Gasteiger partial charge in [0.2, 0.25) is 10.9 Å². The smallest absolute Gasteiger partial charge is 0.305 e. The van der Waals surface area contributed by atoms with E-state index in [9.17, 15) is 18.3 Å². The summed E-state index contributed by atoms with van der Waals surface area (Å²) in [6.07, 6.45) is 6.24. The van der Waals surface area contributed by atoms with Gasteiger partial charge in [-0.15, -0.1) is 6.42 Å². The molecule has 7 nitrogen and oxygen atoms in total. The Labute approximate surface area is 194 Å². The summed E-state index contributed by atoms with van der Waals surface area (Å²) in [6.45, 7) is 2.61. The van der Waals surface area contributed by atoms with Gasteiger partial charge in [-0.05, 0) is 42.8 Å². The maximum atomic E-state index is 12.4. The van der Waals surface area contributed by atoms with E-state index in [-0.39, 0.29) is 19.0 Å². The number of nitrogens with zero attached hydrogens (tertiary/aromatic N) is 2. The molecule has 0 spiro atoms. The van der Waals surface area contributed by atoms with Crippen LogP contribution < -0.4 is 13.9 Å². The molecule has 0 amide bonds. The third-order valence-corrected chi connectivity index (χ3v) is 6.53. The van der Waals surface area contributed by atoms with Gasteiger partial charge in [0.15, 0.2) is 0 Å². The number of hydrogen-bond donors (Lipinski definition) is 2. The Bertz CT molecular complexity index is 1320. The fourth-order valence-corrected chi connectivity index (χ4v) is 4.93. The summed E-state index contributed by atoms with van der Waals surface area (Å²) in [7, 11) is -2.98. The Morgan fingerprint density at radius 1 is 1.15 bits per heavy atom. The molecule has 1 atom stereocenters. The van der Waals surface area contributed by atoms with Crippen molar-refractivity contribution < 1.29 is 23.1 Å². The highest BCUT2D eigenvalue weighted by molar-refractivity contribution is 7.74. The van der Waals surface area contributed by atoms with Crippen LogP contribution in [-0.2, 0) is 22.1 Å². The van der Waals surface area contributed by atoms with Crippen LogP contribution in [0.5, 0.6) is 5.75 Å². The number of carboxylic acid groups (broad SMARTS) is 1. The van der Waals surface area contributed by atoms with E-state index in [0.717, 1.165) is 34.2 Å². The number of hydrogen-bond acceptors (Lipinski definition) is 5. The van der Waals surface area contributed by atoms with Gasteiger partial charge >= 0.3 is 5.97 Å². The van der Waals surface area contributed by atoms with Crippen molar-refractivity contribution in [3.63, 3.8) is 0 Å². The molecule has 3 aromatic carbocycles. The van der Waals surface area contributed by atoms with Crippen LogP contribution in [0.3, 0.4) is 0 Å². The summed E-state index contributed by atoms with van der Waals surface area (Å²) >= 11 is 0. The van der Waals surface area contributed by atoms with Crippen molar-refractivity contribution in [2.75, 3.05) is 22.4 Å². The molecule has 0 bridgehead atoms. The third kappa shape index (κ3) is 4.45. The molecule has 4 rings (SSSR count). The molecule has 0 fully saturated rings. The fraction of sp³-hybridized carbons (Fsp3) is 0.240. The quantitative estimate of drug-likeness (QED) is 0.390. The van der Waals surface area contributed by atoms with Crippen molar-refractivity contribution in [2.45, 2.75) is 25.8 Å². The van der Waals surface area contributed by atoms with Crippen LogP contribution in [-0.4, -0.2) is 38.7 Å². The van der Waals surface area contributed by atoms with Gasteiger partial charge in [0.05, 0.1) is 30.9 Å². The van der Waals surface area contributed by atoms with Crippen molar-refractivity contribution in [1.29, 1.82) is 0 Å². The summed E-state index contributed by atoms with van der Waals surface area (Å²) in [5.74, 6) is 2.46. The van der Waals surface area contributed by atoms with Crippen LogP contribution >= 0.6 is 0 Å². The number of rotatable bonds is 8. The van der Waals surface area contributed by atoms with E-state index < -0.39 is 16.9 Å². The molecule has 33 heavy (non-hydrogen) atoms. The zero-order valence-electron chi connectivity index (χ0n) is 18.1. The standard InChI is InChI=1S/C25H24N2O5S/c1-3-13-26(17(2)15-25(28)29)22-9-10-23(21-7-5-4-6-20(21)22)27(33(30)31)19-8-11-24-18(16-19)12-14-32-24/h1,4-11,16-17,33H,12-15H2,2H3,(H,28,29)/t17-/m0/s1. The second-order valence-corrected chi connectivity index (χ2v) is 8.74. The second kappa shape index (κ2) is 9.43. The second-order valence-electron chi connectivity index (χ2n) is 7.87. The van der Waals surface area contributed by atoms with Crippen molar-refractivity contribution in [3.05, 3.63) is 60.2 Å². The Morgan fingerprint density at radius 2 is 1.85 bits per heavy atom. The van der Waals surface area contributed by atoms with Crippen LogP contribution in [0.4, 0.5) is 17.1 Å². The Hall–Kier alpha value is -3.70. The lowest BCUT2D eigenvalue weighted by Crippen LogP contribution is -2.35. The first-order valence-corrected chi connectivity index (χ1v) is 11.7. The number of aliphatic carboxylic acids is 1. The maximum Gasteiger partial charge on any atom is 0.305 e. The molecule has 1 aliphatic heterocycles. The van der Waals surface area contributed by atoms with Crippen molar-refractivity contribution in [3.8, 4) is 18.1 Å². The van der Waals surface area contributed by atoms with Crippen molar-refractivity contribution >= 4 is 44.7 Å². The molecular formula is C25H24N2O5S. The molecule has 3 aromatic rings. The van der Waals surface area contributed by atoms with Crippen LogP contribution in [0.1, 0.15) is 18.9 Å². The summed E-state index contributed by atoms with van der Waals surface area (Å²) in [5, 5.41) is 10.8. The first kappa shape index (κ1) is 22.5. The van der Waals surface area contributed by atoms with E-state index >= 15 is 0 Å². The average Bonchev–Trinajstić information content (AvgIpc) is 3.25. The monoisotopic (exact) mass is 464 g/mol. The summed E-state index contributed by atoms with van der Waals surface area (Å²) in [5.41, 5.74) is 2.77. The average molecular weight is 465 g/mol. The van der Waals surface area contributed by atoms with E-state index in [0.29, 0.717) is 18.0 Å². The highest BCUT2D eigenvalue weighted by Gasteiger charge is 2.23. The minimum atomic E-state index is -2.98. The molecule has 1 heterocycles. The first-order chi connectivity index (χ1) is 15.9. The number of ether oxygens (including phenoxy) is 1. The minimum absolute atomic E-state index is 0.0759. The Morgan fingerprint density at radius 3 is 2.52 bits per heavy atom. The summed E-state index contributed by atoms with van der Waals surface area (Å²) in [6, 6.07) is 16.0. The molecule has 0 unspecified atom stereocenters. The van der Waals surface area contributed by atoms with Crippen LogP contribution in [0.15, 0.2) is 54.6 Å². The first-order valence-electron chi connectivity index (χ1n) is 10.5. The van der Waals surface area contributed by atoms with Gasteiger partial charge < -0.3 is 14.7 Å². The molecule has 0 radical (unpaired) electrons. The fourth-order valence-electron chi connectivity index (χ4n) is 4.27. The van der Waals surface area contributed by atoms with Gasteiger partial charge in [-0.25, -0.2) is 12.7 Å². The normalized spacial score (nSPS) is 13.2. The lowest BCUT2D eigenvalue weighted by Gasteiger charge is -2.31. The number of terminal acetylenes is 1. The summed E-state index contributed by atoms with van der Waals surface area (Å²) < 4.78 is 31.7. The highest BCUT2D eigenvalue weighted by atomic mass is 32.2. The van der Waals surface area contributed by atoms with E-state index in [1.165, 1.54) is 4.31 Å². The van der Waals surface area contributed by atoms with Gasteiger partial charge in [0, 0.05) is 28.9 Å². The Balaban J connectivity index is 1.86. The molecule has 1 N–H and O–H groups in total. The molecule has 1 aliphatic rings. The maximum absolute atomic E-state index is 12.4. The van der Waals surface area contributed by atoms with Gasteiger partial charge in [-0.1, -0.05) is 30.2 Å². The molecule has 0 saturated heterocycles. The predicted octanol–water partition coefficient (Wildman–Crippen LogP) is 3.74. The summed E-state index contributed by atoms with van der Waals surface area (Å²) in [4.78, 5) is 13.2. The predicted molar refractivity (Wildman–Crippen MR) is 130 cm³/mol. The molecule has 0 aliphatic carbocycles. The zero-order valence-corrected chi connectivity index (χ0v) is 19.0. The SMILES string of the molecule is C#CCN(c1ccc(N(c2ccc3c(c2)CCO3)[SH](=O)=O)c2ccccc12)[C@@H](C)CC(=O)O. The van der Waals surface area contributed by atoms with Gasteiger partial charge in [0.1, 0.15) is 5.75 Å². The van der Waals surface area contributed by atoms with Crippen molar-refractivity contribution in [2.24, 2.45) is 0 Å². The zero-order chi connectivity index (χ0) is 23.5. The third-order valence-electron chi connectivity index (χ3n) is 5.76. The number of anilines is 3. The van der Waals surface area contributed by atoms with E-state index in [1.54, 1.807) is 24.3 Å². The van der Waals surface area contributed by atoms with Crippen molar-refractivity contribution in [1.82, 2.24) is 0 Å². The minimum Gasteiger partial charge on any atom is -0.493 e.